The van der Waals surface area contributed by atoms with Gasteiger partial charge in [0.15, 0.2) is 0 Å². The molecule has 0 spiro atoms. The zero-order valence-electron chi connectivity index (χ0n) is 11.0. The second kappa shape index (κ2) is 5.58. The molecule has 0 saturated heterocycles. The first-order chi connectivity index (χ1) is 10.2. The van der Waals surface area contributed by atoms with Crippen molar-refractivity contribution < 1.29 is 9.60 Å². The summed E-state index contributed by atoms with van der Waals surface area (Å²) in [6, 6.07) is 15.0. The molecule has 1 N–H and O–H groups in total. The maximum Gasteiger partial charge on any atom is 0.123 e. The molecule has 2 aromatic carbocycles. The van der Waals surface area contributed by atoms with Crippen molar-refractivity contribution in [1.82, 2.24) is 4.73 Å². The van der Waals surface area contributed by atoms with E-state index in [9.17, 15) is 9.60 Å². The van der Waals surface area contributed by atoms with Crippen LogP contribution < -0.4 is 5.36 Å². The molecule has 0 aliphatic rings. The van der Waals surface area contributed by atoms with Gasteiger partial charge in [-0.3, -0.25) is 0 Å². The lowest BCUT2D eigenvalue weighted by molar-refractivity contribution is 0.198. The summed E-state index contributed by atoms with van der Waals surface area (Å²) < 4.78 is 13.8. The van der Waals surface area contributed by atoms with Crippen molar-refractivity contribution in [2.45, 2.75) is 0 Å². The van der Waals surface area contributed by atoms with Gasteiger partial charge in [-0.25, -0.2) is 4.39 Å². The molecule has 4 nitrogen and oxygen atoms in total. The van der Waals surface area contributed by atoms with E-state index in [1.807, 2.05) is 18.2 Å². The number of para-hydroxylation sites is 1. The van der Waals surface area contributed by atoms with Crippen LogP contribution in [0.1, 0.15) is 5.56 Å². The first kappa shape index (κ1) is 13.1. The van der Waals surface area contributed by atoms with Gasteiger partial charge in [0.1, 0.15) is 5.82 Å². The summed E-state index contributed by atoms with van der Waals surface area (Å²) in [5.41, 5.74) is 1.41. The van der Waals surface area contributed by atoms with Crippen molar-refractivity contribution >= 4 is 17.1 Å². The Bertz CT molecular complexity index is 867. The van der Waals surface area contributed by atoms with E-state index in [1.54, 1.807) is 30.5 Å². The van der Waals surface area contributed by atoms with E-state index in [0.717, 1.165) is 15.7 Å². The summed E-state index contributed by atoms with van der Waals surface area (Å²) >= 11 is 0. The van der Waals surface area contributed by atoms with E-state index < -0.39 is 0 Å². The molecule has 3 aromatic rings. The van der Waals surface area contributed by atoms with Gasteiger partial charge in [0.25, 0.3) is 0 Å². The lowest BCUT2D eigenvalue weighted by atomic mass is 10.2. The van der Waals surface area contributed by atoms with Gasteiger partial charge in [0.2, 0.25) is 0 Å². The molecule has 0 unspecified atom stereocenters. The minimum Gasteiger partial charge on any atom is -0.428 e. The largest absolute Gasteiger partial charge is 0.428 e. The van der Waals surface area contributed by atoms with E-state index in [1.165, 1.54) is 18.3 Å². The van der Waals surface area contributed by atoms with E-state index in [-0.39, 0.29) is 5.82 Å². The predicted molar refractivity (Wildman–Crippen MR) is 78.7 cm³/mol. The van der Waals surface area contributed by atoms with Crippen LogP contribution in [0.4, 0.5) is 4.39 Å². The van der Waals surface area contributed by atoms with E-state index in [2.05, 4.69) is 10.2 Å². The summed E-state index contributed by atoms with van der Waals surface area (Å²) in [4.78, 5) is 0. The first-order valence-electron chi connectivity index (χ1n) is 6.36. The molecule has 0 amide bonds. The van der Waals surface area contributed by atoms with Gasteiger partial charge in [-0.2, -0.15) is 14.9 Å². The van der Waals surface area contributed by atoms with Crippen LogP contribution in [-0.4, -0.2) is 16.2 Å². The molecule has 0 aliphatic carbocycles. The fraction of sp³-hybridized carbons (Fsp3) is 0. The Balaban J connectivity index is 2.00. The third kappa shape index (κ3) is 2.81. The van der Waals surface area contributed by atoms with Crippen molar-refractivity contribution in [3.05, 3.63) is 77.5 Å². The molecule has 0 fully saturated rings. The zero-order valence-corrected chi connectivity index (χ0v) is 11.0. The predicted octanol–water partition coefficient (Wildman–Crippen LogP) is 2.95. The normalized spacial score (nSPS) is 12.3. The molecule has 104 valence electrons. The molecule has 0 atom stereocenters. The summed E-state index contributed by atoms with van der Waals surface area (Å²) in [5, 5.41) is 19.3. The van der Waals surface area contributed by atoms with Crippen LogP contribution in [0.25, 0.3) is 10.9 Å². The fourth-order valence-corrected chi connectivity index (χ4v) is 2.00. The maximum atomic E-state index is 12.8. The third-order valence-corrected chi connectivity index (χ3v) is 3.04. The molecule has 3 rings (SSSR count). The second-order valence-corrected chi connectivity index (χ2v) is 4.46. The minimum absolute atomic E-state index is 0.286. The quantitative estimate of drug-likeness (QED) is 0.438. The monoisotopic (exact) mass is 281 g/mol. The molecule has 0 radical (unpaired) electrons. The summed E-state index contributed by atoms with van der Waals surface area (Å²) in [7, 11) is 0. The van der Waals surface area contributed by atoms with E-state index >= 15 is 0 Å². The van der Waals surface area contributed by atoms with Gasteiger partial charge < -0.3 is 5.21 Å². The molecule has 0 aliphatic heterocycles. The highest BCUT2D eigenvalue weighted by Crippen LogP contribution is 2.07. The molecule has 0 saturated carbocycles. The van der Waals surface area contributed by atoms with Crippen molar-refractivity contribution in [1.29, 1.82) is 0 Å². The Hall–Kier alpha value is -2.95. The van der Waals surface area contributed by atoms with Gasteiger partial charge in [0, 0.05) is 11.6 Å². The number of hydrogen-bond acceptors (Lipinski definition) is 3. The highest BCUT2D eigenvalue weighted by Gasteiger charge is 1.98. The summed E-state index contributed by atoms with van der Waals surface area (Å²) in [5.74, 6) is -0.286. The average Bonchev–Trinajstić information content (AvgIpc) is 2.52. The SMILES string of the molecule is On1ccc(=NN=Cc2ccc(F)cc2)c2ccccc21. The minimum atomic E-state index is -0.286. The molecule has 5 heteroatoms. The summed E-state index contributed by atoms with van der Waals surface area (Å²) in [6.07, 6.45) is 3.06. The number of benzene rings is 2. The van der Waals surface area contributed by atoms with Gasteiger partial charge in [-0.15, -0.1) is 0 Å². The van der Waals surface area contributed by atoms with Crippen molar-refractivity contribution in [3.63, 3.8) is 0 Å². The number of rotatable bonds is 2. The van der Waals surface area contributed by atoms with Crippen molar-refractivity contribution in [2.24, 2.45) is 10.2 Å². The van der Waals surface area contributed by atoms with Crippen LogP contribution in [0, 0.1) is 5.82 Å². The Morgan fingerprint density at radius 3 is 2.57 bits per heavy atom. The van der Waals surface area contributed by atoms with Crippen LogP contribution in [0.3, 0.4) is 0 Å². The number of nitrogens with zero attached hydrogens (tertiary/aromatic N) is 3. The van der Waals surface area contributed by atoms with E-state index in [4.69, 9.17) is 0 Å². The van der Waals surface area contributed by atoms with Gasteiger partial charge in [-0.1, -0.05) is 30.3 Å². The first-order valence-corrected chi connectivity index (χ1v) is 6.36. The Morgan fingerprint density at radius 2 is 1.76 bits per heavy atom. The van der Waals surface area contributed by atoms with Crippen LogP contribution >= 0.6 is 0 Å². The average molecular weight is 281 g/mol. The Labute approximate surface area is 120 Å². The zero-order chi connectivity index (χ0) is 14.7. The number of hydrogen-bond donors (Lipinski definition) is 1. The van der Waals surface area contributed by atoms with Crippen molar-refractivity contribution in [2.75, 3.05) is 0 Å². The molecular formula is C16H12FN3O. The molecule has 21 heavy (non-hydrogen) atoms. The third-order valence-electron chi connectivity index (χ3n) is 3.04. The lowest BCUT2D eigenvalue weighted by Crippen LogP contribution is -2.07. The molecule has 0 bridgehead atoms. The number of halogens is 1. The summed E-state index contributed by atoms with van der Waals surface area (Å²) in [6.45, 7) is 0. The standard InChI is InChI=1S/C16H12FN3O/c17-13-7-5-12(6-8-13)11-18-19-15-9-10-20(21)16-4-2-1-3-14(15)16/h1-11,21H. The highest BCUT2D eigenvalue weighted by molar-refractivity contribution is 5.80. The van der Waals surface area contributed by atoms with Gasteiger partial charge in [-0.05, 0) is 29.8 Å². The molecule has 1 aromatic heterocycles. The van der Waals surface area contributed by atoms with Gasteiger partial charge >= 0.3 is 0 Å². The second-order valence-electron chi connectivity index (χ2n) is 4.46. The number of fused-ring (bicyclic) bond motifs is 1. The van der Waals surface area contributed by atoms with Gasteiger partial charge in [0.05, 0.1) is 17.1 Å². The fourth-order valence-electron chi connectivity index (χ4n) is 2.00. The van der Waals surface area contributed by atoms with Crippen LogP contribution in [0.15, 0.2) is 71.0 Å². The maximum absolute atomic E-state index is 12.8. The van der Waals surface area contributed by atoms with Crippen molar-refractivity contribution in [3.8, 4) is 0 Å². The highest BCUT2D eigenvalue weighted by atomic mass is 19.1. The number of pyridine rings is 1. The van der Waals surface area contributed by atoms with Crippen LogP contribution in [-0.2, 0) is 0 Å². The topological polar surface area (TPSA) is 49.9 Å². The number of aromatic nitrogens is 1. The van der Waals surface area contributed by atoms with E-state index in [0.29, 0.717) is 10.9 Å². The lowest BCUT2D eigenvalue weighted by Gasteiger charge is -2.02. The Kier molecular flexibility index (Phi) is 3.47. The van der Waals surface area contributed by atoms with Crippen LogP contribution in [0.2, 0.25) is 0 Å². The molecular weight excluding hydrogens is 269 g/mol. The smallest absolute Gasteiger partial charge is 0.123 e. The Morgan fingerprint density at radius 1 is 1.00 bits per heavy atom. The van der Waals surface area contributed by atoms with Crippen LogP contribution in [0.5, 0.6) is 0 Å². The molecule has 1 heterocycles.